The number of piperidine rings is 1. The second kappa shape index (κ2) is 11.0. The van der Waals surface area contributed by atoms with E-state index in [2.05, 4.69) is 4.90 Å². The number of hydrogen-bond acceptors (Lipinski definition) is 4. The molecule has 0 spiro atoms. The fraction of sp³-hybridized carbons (Fsp3) is 0.364. The Labute approximate surface area is 204 Å². The van der Waals surface area contributed by atoms with E-state index in [0.717, 1.165) is 49.4 Å². The van der Waals surface area contributed by atoms with Gasteiger partial charge < -0.3 is 4.57 Å². The maximum atomic E-state index is 13.0. The van der Waals surface area contributed by atoms with Crippen molar-refractivity contribution in [2.75, 3.05) is 19.6 Å². The Bertz CT molecular complexity index is 1150. The van der Waals surface area contributed by atoms with E-state index in [1.807, 2.05) is 0 Å². The van der Waals surface area contributed by atoms with Gasteiger partial charge in [-0.3, -0.25) is 15.1 Å². The molecule has 0 atom stereocenters. The van der Waals surface area contributed by atoms with Crippen LogP contribution in [-0.4, -0.2) is 34.9 Å². The van der Waals surface area contributed by atoms with Gasteiger partial charge in [0.15, 0.2) is 10.6 Å². The molecule has 0 bridgehead atoms. The quantitative estimate of drug-likeness (QED) is 0.340. The molecule has 0 amide bonds. The van der Waals surface area contributed by atoms with E-state index in [-0.39, 0.29) is 53.7 Å². The van der Waals surface area contributed by atoms with Crippen LogP contribution in [0.25, 0.3) is 10.2 Å². The maximum absolute atomic E-state index is 13.0. The summed E-state index contributed by atoms with van der Waals surface area (Å²) < 4.78 is 54.1. The van der Waals surface area contributed by atoms with Crippen LogP contribution in [0.2, 0.25) is 0 Å². The number of hydrogen-bond donors (Lipinski definition) is 1. The van der Waals surface area contributed by atoms with Crippen LogP contribution in [0.5, 0.6) is 0 Å². The number of halogens is 6. The van der Waals surface area contributed by atoms with Crippen molar-refractivity contribution in [3.8, 4) is 0 Å². The number of nitrogens with zero attached hydrogens (tertiary/aromatic N) is 2. The topological polar surface area (TPSA) is 49.1 Å². The van der Waals surface area contributed by atoms with Crippen molar-refractivity contribution in [3.63, 3.8) is 0 Å². The van der Waals surface area contributed by atoms with Crippen molar-refractivity contribution in [3.05, 3.63) is 64.2 Å². The average molecular weight is 524 g/mol. The van der Waals surface area contributed by atoms with Crippen LogP contribution in [0.3, 0.4) is 0 Å². The largest absolute Gasteiger partial charge is 0.416 e. The van der Waals surface area contributed by atoms with Gasteiger partial charge >= 0.3 is 6.18 Å². The predicted octanol–water partition coefficient (Wildman–Crippen LogP) is 5.78. The summed E-state index contributed by atoms with van der Waals surface area (Å²) in [5.41, 5.74) is 0.436. The van der Waals surface area contributed by atoms with E-state index in [4.69, 9.17) is 5.41 Å². The third kappa shape index (κ3) is 6.35. The van der Waals surface area contributed by atoms with E-state index in [1.54, 1.807) is 4.57 Å². The lowest BCUT2D eigenvalue weighted by molar-refractivity contribution is -0.137. The minimum atomic E-state index is -4.40. The van der Waals surface area contributed by atoms with Crippen molar-refractivity contribution in [1.82, 2.24) is 9.47 Å². The normalized spacial score (nSPS) is 15.2. The number of fused-ring (bicyclic) bond motifs is 1. The Morgan fingerprint density at radius 3 is 2.30 bits per heavy atom. The van der Waals surface area contributed by atoms with Gasteiger partial charge in [0, 0.05) is 12.1 Å². The van der Waals surface area contributed by atoms with Crippen molar-refractivity contribution in [1.29, 1.82) is 5.41 Å². The molecule has 11 heteroatoms. The number of aromatic nitrogens is 1. The molecule has 3 aromatic rings. The second-order valence-electron chi connectivity index (χ2n) is 7.85. The lowest BCUT2D eigenvalue weighted by Gasteiger charge is -2.31. The fourth-order valence-electron chi connectivity index (χ4n) is 3.96. The number of likely N-dealkylation sites (tertiary alicyclic amines) is 1. The fourth-order valence-corrected chi connectivity index (χ4v) is 4.92. The Morgan fingerprint density at radius 1 is 1.06 bits per heavy atom. The van der Waals surface area contributed by atoms with Gasteiger partial charge in [-0.25, -0.2) is 4.39 Å². The molecular formula is C22H23Cl2F4N3OS. The van der Waals surface area contributed by atoms with Crippen LogP contribution in [0, 0.1) is 17.1 Å². The van der Waals surface area contributed by atoms with Crippen molar-refractivity contribution in [2.24, 2.45) is 5.92 Å². The van der Waals surface area contributed by atoms with E-state index in [1.165, 1.54) is 30.3 Å². The molecule has 1 aliphatic rings. The maximum Gasteiger partial charge on any atom is 0.416 e. The standard InChI is InChI=1S/C22H21F4N3OS.2ClH/c23-17-4-1-15(2-5-17)19(30)13-28-9-7-14(8-10-28)12-29-18-6-3-16(22(24,25)26)11-20(18)31-21(29)27;;/h1-6,11,14,27H,7-10,12-13H2;2*1H. The van der Waals surface area contributed by atoms with Crippen LogP contribution in [0.1, 0.15) is 28.8 Å². The van der Waals surface area contributed by atoms with Gasteiger partial charge in [-0.2, -0.15) is 13.2 Å². The lowest BCUT2D eigenvalue weighted by atomic mass is 9.96. The monoisotopic (exact) mass is 523 g/mol. The third-order valence-corrected chi connectivity index (χ3v) is 6.67. The summed E-state index contributed by atoms with van der Waals surface area (Å²) in [5, 5.41) is 8.21. The van der Waals surface area contributed by atoms with Gasteiger partial charge in [0.2, 0.25) is 0 Å². The number of nitrogens with one attached hydrogen (secondary N) is 1. The van der Waals surface area contributed by atoms with Gasteiger partial charge in [0.1, 0.15) is 5.82 Å². The number of carbonyl (C=O) groups is 1. The van der Waals surface area contributed by atoms with Gasteiger partial charge in [-0.1, -0.05) is 11.3 Å². The SMILES string of the molecule is Cl.Cl.N=c1sc2cc(C(F)(F)F)ccc2n1CC1CCN(CC(=O)c2ccc(F)cc2)CC1. The molecule has 1 fully saturated rings. The molecule has 4 nitrogen and oxygen atoms in total. The Kier molecular flexibility index (Phi) is 9.09. The number of thiazole rings is 1. The number of Topliss-reactive ketones (excluding diaryl/α,β-unsaturated/α-hetero) is 1. The van der Waals surface area contributed by atoms with Crippen LogP contribution in [0.4, 0.5) is 17.6 Å². The zero-order chi connectivity index (χ0) is 22.2. The summed E-state index contributed by atoms with van der Waals surface area (Å²) in [5.74, 6) is -0.142. The molecule has 33 heavy (non-hydrogen) atoms. The highest BCUT2D eigenvalue weighted by Gasteiger charge is 2.31. The van der Waals surface area contributed by atoms with E-state index >= 15 is 0 Å². The summed E-state index contributed by atoms with van der Waals surface area (Å²) >= 11 is 1.05. The van der Waals surface area contributed by atoms with E-state index in [9.17, 15) is 22.4 Å². The van der Waals surface area contributed by atoms with Gasteiger partial charge in [-0.05, 0) is 74.3 Å². The number of ketones is 1. The Balaban J connectivity index is 0.00000193. The first-order chi connectivity index (χ1) is 14.7. The first-order valence-electron chi connectivity index (χ1n) is 9.97. The Hall–Kier alpha value is -1.94. The van der Waals surface area contributed by atoms with Crippen LogP contribution >= 0.6 is 36.2 Å². The number of alkyl halides is 3. The molecule has 1 aliphatic heterocycles. The molecule has 0 unspecified atom stereocenters. The van der Waals surface area contributed by atoms with Crippen LogP contribution in [-0.2, 0) is 12.7 Å². The molecule has 2 aromatic carbocycles. The number of benzene rings is 2. The molecule has 0 aliphatic carbocycles. The predicted molar refractivity (Wildman–Crippen MR) is 125 cm³/mol. The average Bonchev–Trinajstić information content (AvgIpc) is 3.03. The second-order valence-corrected chi connectivity index (χ2v) is 8.88. The summed E-state index contributed by atoms with van der Waals surface area (Å²) in [6.45, 7) is 2.30. The highest BCUT2D eigenvalue weighted by Crippen LogP contribution is 2.32. The van der Waals surface area contributed by atoms with Crippen LogP contribution < -0.4 is 4.80 Å². The molecule has 0 radical (unpaired) electrons. The number of rotatable bonds is 5. The van der Waals surface area contributed by atoms with E-state index < -0.39 is 11.7 Å². The van der Waals surface area contributed by atoms with Gasteiger partial charge in [0.05, 0.1) is 22.3 Å². The molecular weight excluding hydrogens is 501 g/mol. The molecule has 1 aromatic heterocycles. The van der Waals surface area contributed by atoms with Crippen molar-refractivity contribution in [2.45, 2.75) is 25.6 Å². The Morgan fingerprint density at radius 2 is 1.70 bits per heavy atom. The van der Waals surface area contributed by atoms with Gasteiger partial charge in [0.25, 0.3) is 0 Å². The summed E-state index contributed by atoms with van der Waals surface area (Å²) in [4.78, 5) is 14.7. The first kappa shape index (κ1) is 27.3. The zero-order valence-corrected chi connectivity index (χ0v) is 19.9. The highest BCUT2D eigenvalue weighted by molar-refractivity contribution is 7.16. The first-order valence-corrected chi connectivity index (χ1v) is 10.8. The van der Waals surface area contributed by atoms with Crippen molar-refractivity contribution < 1.29 is 22.4 Å². The lowest BCUT2D eigenvalue weighted by Crippen LogP contribution is -2.38. The summed E-state index contributed by atoms with van der Waals surface area (Å²) in [7, 11) is 0. The smallest absolute Gasteiger partial charge is 0.317 e. The highest BCUT2D eigenvalue weighted by atomic mass is 35.5. The minimum Gasteiger partial charge on any atom is -0.317 e. The summed E-state index contributed by atoms with van der Waals surface area (Å²) in [6.07, 6.45) is -2.73. The van der Waals surface area contributed by atoms with Crippen molar-refractivity contribution >= 4 is 52.2 Å². The summed E-state index contributed by atoms with van der Waals surface area (Å²) in [6, 6.07) is 9.15. The molecule has 180 valence electrons. The van der Waals surface area contributed by atoms with E-state index in [0.29, 0.717) is 22.3 Å². The zero-order valence-electron chi connectivity index (χ0n) is 17.4. The molecule has 1 N–H and O–H groups in total. The molecule has 2 heterocycles. The number of carbonyl (C=O) groups excluding carboxylic acids is 1. The van der Waals surface area contributed by atoms with Crippen LogP contribution in [0.15, 0.2) is 42.5 Å². The minimum absolute atomic E-state index is 0. The van der Waals surface area contributed by atoms with Gasteiger partial charge in [-0.15, -0.1) is 24.8 Å². The molecule has 0 saturated carbocycles. The molecule has 4 rings (SSSR count). The molecule has 1 saturated heterocycles. The third-order valence-electron chi connectivity index (χ3n) is 5.71.